The van der Waals surface area contributed by atoms with Crippen LogP contribution in [0.1, 0.15) is 26.7 Å². The van der Waals surface area contributed by atoms with E-state index in [1.807, 2.05) is 0 Å². The summed E-state index contributed by atoms with van der Waals surface area (Å²) in [4.78, 5) is 0. The van der Waals surface area contributed by atoms with Crippen LogP contribution in [0.3, 0.4) is 0 Å². The van der Waals surface area contributed by atoms with Gasteiger partial charge in [-0.25, -0.2) is 0 Å². The molecule has 0 heterocycles. The van der Waals surface area contributed by atoms with Crippen molar-refractivity contribution >= 4 is 0 Å². The second-order valence-electron chi connectivity index (χ2n) is 3.48. The van der Waals surface area contributed by atoms with Crippen LogP contribution < -0.4 is 5.73 Å². The lowest BCUT2D eigenvalue weighted by atomic mass is 9.91. The summed E-state index contributed by atoms with van der Waals surface area (Å²) in [5.41, 5.74) is 5.61. The zero-order valence-corrected chi connectivity index (χ0v) is 6.43. The number of rotatable bonds is 3. The predicted molar refractivity (Wildman–Crippen MR) is 40.1 cm³/mol. The highest BCUT2D eigenvalue weighted by Crippen LogP contribution is 2.39. The Morgan fingerprint density at radius 1 is 1.44 bits per heavy atom. The van der Waals surface area contributed by atoms with Gasteiger partial charge in [-0.1, -0.05) is 13.8 Å². The van der Waals surface area contributed by atoms with Crippen molar-refractivity contribution in [2.45, 2.75) is 26.7 Å². The quantitative estimate of drug-likeness (QED) is 0.612. The highest BCUT2D eigenvalue weighted by molar-refractivity contribution is 4.83. The predicted octanol–water partition coefficient (Wildman–Crippen LogP) is 1.63. The first-order valence-electron chi connectivity index (χ1n) is 3.95. The second kappa shape index (κ2) is 2.70. The first-order chi connectivity index (χ1) is 4.25. The smallest absolute Gasteiger partial charge is 0.00438 e. The standard InChI is InChI=1S/C8H17N/c1-6(2)8(5-9)7-3-4-7/h6-8H,3-5,9H2,1-2H3. The number of hydrogen-bond donors (Lipinski definition) is 1. The van der Waals surface area contributed by atoms with Gasteiger partial charge in [0.1, 0.15) is 0 Å². The Bertz CT molecular complexity index is 82.6. The summed E-state index contributed by atoms with van der Waals surface area (Å²) < 4.78 is 0. The molecule has 2 N–H and O–H groups in total. The average Bonchev–Trinajstić information content (AvgIpc) is 2.50. The molecule has 0 amide bonds. The molecule has 1 rings (SSSR count). The van der Waals surface area contributed by atoms with E-state index < -0.39 is 0 Å². The van der Waals surface area contributed by atoms with E-state index >= 15 is 0 Å². The van der Waals surface area contributed by atoms with Crippen LogP contribution in [0.25, 0.3) is 0 Å². The molecule has 1 atom stereocenters. The van der Waals surface area contributed by atoms with Crippen molar-refractivity contribution in [3.63, 3.8) is 0 Å². The molecular formula is C8H17N. The van der Waals surface area contributed by atoms with E-state index in [-0.39, 0.29) is 0 Å². The number of nitrogens with two attached hydrogens (primary N) is 1. The van der Waals surface area contributed by atoms with Gasteiger partial charge in [-0.05, 0) is 37.1 Å². The van der Waals surface area contributed by atoms with Gasteiger partial charge in [-0.2, -0.15) is 0 Å². The molecule has 1 nitrogen and oxygen atoms in total. The largest absolute Gasteiger partial charge is 0.330 e. The summed E-state index contributed by atoms with van der Waals surface area (Å²) in [7, 11) is 0. The van der Waals surface area contributed by atoms with Crippen molar-refractivity contribution in [3.05, 3.63) is 0 Å². The highest BCUT2D eigenvalue weighted by Gasteiger charge is 2.31. The van der Waals surface area contributed by atoms with E-state index in [0.29, 0.717) is 0 Å². The summed E-state index contributed by atoms with van der Waals surface area (Å²) in [6.45, 7) is 5.44. The van der Waals surface area contributed by atoms with E-state index in [9.17, 15) is 0 Å². The molecule has 1 heteroatoms. The van der Waals surface area contributed by atoms with Crippen LogP contribution in [0.4, 0.5) is 0 Å². The van der Waals surface area contributed by atoms with Gasteiger partial charge in [0.15, 0.2) is 0 Å². The van der Waals surface area contributed by atoms with E-state index in [0.717, 1.165) is 24.3 Å². The van der Waals surface area contributed by atoms with Crippen LogP contribution in [-0.2, 0) is 0 Å². The number of hydrogen-bond acceptors (Lipinski definition) is 1. The fourth-order valence-electron chi connectivity index (χ4n) is 1.53. The zero-order valence-electron chi connectivity index (χ0n) is 6.43. The third kappa shape index (κ3) is 1.68. The lowest BCUT2D eigenvalue weighted by molar-refractivity contribution is 0.349. The third-order valence-corrected chi connectivity index (χ3v) is 2.36. The molecule has 1 unspecified atom stereocenters. The van der Waals surface area contributed by atoms with Crippen molar-refractivity contribution in [3.8, 4) is 0 Å². The normalized spacial score (nSPS) is 22.7. The van der Waals surface area contributed by atoms with E-state index in [1.54, 1.807) is 0 Å². The average molecular weight is 127 g/mol. The Morgan fingerprint density at radius 2 is 2.00 bits per heavy atom. The Hall–Kier alpha value is -0.0400. The summed E-state index contributed by atoms with van der Waals surface area (Å²) in [5, 5.41) is 0. The van der Waals surface area contributed by atoms with Crippen molar-refractivity contribution in [2.24, 2.45) is 23.5 Å². The molecule has 54 valence electrons. The molecule has 1 aliphatic rings. The van der Waals surface area contributed by atoms with Gasteiger partial charge in [0, 0.05) is 0 Å². The molecule has 1 fully saturated rings. The molecule has 0 aromatic rings. The monoisotopic (exact) mass is 127 g/mol. The molecule has 1 saturated carbocycles. The van der Waals surface area contributed by atoms with Crippen molar-refractivity contribution in [1.82, 2.24) is 0 Å². The van der Waals surface area contributed by atoms with Crippen molar-refractivity contribution in [2.75, 3.05) is 6.54 Å². The topological polar surface area (TPSA) is 26.0 Å². The maximum Gasteiger partial charge on any atom is -0.00438 e. The van der Waals surface area contributed by atoms with Crippen LogP contribution in [0, 0.1) is 17.8 Å². The molecular weight excluding hydrogens is 110 g/mol. The van der Waals surface area contributed by atoms with Crippen molar-refractivity contribution < 1.29 is 0 Å². The zero-order chi connectivity index (χ0) is 6.85. The SMILES string of the molecule is CC(C)C(CN)C1CC1. The second-order valence-corrected chi connectivity index (χ2v) is 3.48. The van der Waals surface area contributed by atoms with Gasteiger partial charge in [-0.3, -0.25) is 0 Å². The van der Waals surface area contributed by atoms with Crippen LogP contribution in [0.2, 0.25) is 0 Å². The van der Waals surface area contributed by atoms with Crippen LogP contribution in [-0.4, -0.2) is 6.54 Å². The minimum Gasteiger partial charge on any atom is -0.330 e. The molecule has 0 bridgehead atoms. The Morgan fingerprint density at radius 3 is 2.11 bits per heavy atom. The summed E-state index contributed by atoms with van der Waals surface area (Å²) in [6, 6.07) is 0. The molecule has 0 saturated heterocycles. The van der Waals surface area contributed by atoms with Crippen LogP contribution in [0.5, 0.6) is 0 Å². The van der Waals surface area contributed by atoms with Crippen LogP contribution >= 0.6 is 0 Å². The Kier molecular flexibility index (Phi) is 2.12. The van der Waals surface area contributed by atoms with Gasteiger partial charge in [0.25, 0.3) is 0 Å². The van der Waals surface area contributed by atoms with Gasteiger partial charge >= 0.3 is 0 Å². The molecule has 9 heavy (non-hydrogen) atoms. The molecule has 1 aliphatic carbocycles. The third-order valence-electron chi connectivity index (χ3n) is 2.36. The fourth-order valence-corrected chi connectivity index (χ4v) is 1.53. The Balaban J connectivity index is 2.28. The lowest BCUT2D eigenvalue weighted by Gasteiger charge is -2.17. The summed E-state index contributed by atoms with van der Waals surface area (Å²) in [5.74, 6) is 2.59. The van der Waals surface area contributed by atoms with E-state index in [2.05, 4.69) is 13.8 Å². The van der Waals surface area contributed by atoms with E-state index in [4.69, 9.17) is 5.73 Å². The molecule has 0 aromatic heterocycles. The van der Waals surface area contributed by atoms with Gasteiger partial charge in [-0.15, -0.1) is 0 Å². The van der Waals surface area contributed by atoms with Gasteiger partial charge in [0.05, 0.1) is 0 Å². The first kappa shape index (κ1) is 7.07. The molecule has 0 aliphatic heterocycles. The minimum atomic E-state index is 0.794. The highest BCUT2D eigenvalue weighted by atomic mass is 14.6. The Labute approximate surface area is 57.6 Å². The molecule has 0 aromatic carbocycles. The molecule has 0 spiro atoms. The maximum absolute atomic E-state index is 5.61. The van der Waals surface area contributed by atoms with Gasteiger partial charge in [0.2, 0.25) is 0 Å². The van der Waals surface area contributed by atoms with Crippen LogP contribution in [0.15, 0.2) is 0 Å². The fraction of sp³-hybridized carbons (Fsp3) is 1.00. The van der Waals surface area contributed by atoms with Crippen molar-refractivity contribution in [1.29, 1.82) is 0 Å². The maximum atomic E-state index is 5.61. The van der Waals surface area contributed by atoms with Gasteiger partial charge < -0.3 is 5.73 Å². The first-order valence-corrected chi connectivity index (χ1v) is 3.95. The summed E-state index contributed by atoms with van der Waals surface area (Å²) >= 11 is 0. The van der Waals surface area contributed by atoms with E-state index in [1.165, 1.54) is 12.8 Å². The minimum absolute atomic E-state index is 0.794. The summed E-state index contributed by atoms with van der Waals surface area (Å²) in [6.07, 6.45) is 2.86. The lowest BCUT2D eigenvalue weighted by Crippen LogP contribution is -2.21. The molecule has 0 radical (unpaired) electrons.